The van der Waals surface area contributed by atoms with Gasteiger partial charge in [-0.3, -0.25) is 0 Å². The minimum absolute atomic E-state index is 0.247. The molecule has 78 valence electrons. The number of carbonyl (C=O) groups is 1. The monoisotopic (exact) mass is 205 g/mol. The number of amides is 1. The van der Waals surface area contributed by atoms with E-state index >= 15 is 0 Å². The maximum Gasteiger partial charge on any atom is 0.405 e. The Labute approximate surface area is 86.3 Å². The lowest BCUT2D eigenvalue weighted by Crippen LogP contribution is -2.24. The predicted molar refractivity (Wildman–Crippen MR) is 54.8 cm³/mol. The highest BCUT2D eigenvalue weighted by atomic mass is 16.4. The Morgan fingerprint density at radius 3 is 3.13 bits per heavy atom. The van der Waals surface area contributed by atoms with Gasteiger partial charge in [0, 0.05) is 18.0 Å². The van der Waals surface area contributed by atoms with Crippen LogP contribution in [0.4, 0.5) is 4.79 Å². The van der Waals surface area contributed by atoms with Gasteiger partial charge in [-0.05, 0) is 19.1 Å². The average Bonchev–Trinajstić information content (AvgIpc) is 2.63. The maximum atomic E-state index is 10.5. The van der Waals surface area contributed by atoms with E-state index in [1.165, 1.54) is 0 Å². The van der Waals surface area contributed by atoms with Crippen LogP contribution in [0.5, 0.6) is 0 Å². The fourth-order valence-corrected chi connectivity index (χ4v) is 1.60. The van der Waals surface area contributed by atoms with E-state index in [1.54, 1.807) is 17.6 Å². The summed E-state index contributed by atoms with van der Waals surface area (Å²) in [6.07, 6.45) is 2.49. The molecule has 15 heavy (non-hydrogen) atoms. The van der Waals surface area contributed by atoms with Gasteiger partial charge >= 0.3 is 6.09 Å². The van der Waals surface area contributed by atoms with E-state index in [4.69, 9.17) is 5.11 Å². The van der Waals surface area contributed by atoms with Gasteiger partial charge in [0.25, 0.3) is 0 Å². The topological polar surface area (TPSA) is 66.6 Å². The molecular formula is C10H11N3O2. The summed E-state index contributed by atoms with van der Waals surface area (Å²) in [4.78, 5) is 10.5. The molecule has 0 aliphatic rings. The van der Waals surface area contributed by atoms with Crippen LogP contribution < -0.4 is 5.32 Å². The predicted octanol–water partition coefficient (Wildman–Crippen LogP) is 1.66. The molecule has 1 amide bonds. The highest BCUT2D eigenvalue weighted by Crippen LogP contribution is 2.17. The lowest BCUT2D eigenvalue weighted by atomic mass is 10.1. The first kappa shape index (κ1) is 9.51. The number of nitrogens with zero attached hydrogens (tertiary/aromatic N) is 2. The second-order valence-corrected chi connectivity index (χ2v) is 3.30. The smallest absolute Gasteiger partial charge is 0.405 e. The first-order valence-electron chi connectivity index (χ1n) is 4.60. The fourth-order valence-electron chi connectivity index (χ4n) is 1.60. The van der Waals surface area contributed by atoms with Crippen LogP contribution in [-0.4, -0.2) is 20.8 Å². The molecule has 0 saturated heterocycles. The molecule has 2 aromatic rings. The molecule has 0 fully saturated rings. The van der Waals surface area contributed by atoms with Crippen molar-refractivity contribution in [1.29, 1.82) is 0 Å². The summed E-state index contributed by atoms with van der Waals surface area (Å²) in [5.41, 5.74) is 1.83. The SMILES string of the molecule is CC(NC(=O)O)c1cccn2nccc12. The van der Waals surface area contributed by atoms with Crippen molar-refractivity contribution in [2.45, 2.75) is 13.0 Å². The molecule has 0 spiro atoms. The largest absolute Gasteiger partial charge is 0.465 e. The van der Waals surface area contributed by atoms with Gasteiger partial charge in [-0.25, -0.2) is 9.31 Å². The van der Waals surface area contributed by atoms with Gasteiger partial charge in [-0.1, -0.05) is 6.07 Å². The number of hydrogen-bond donors (Lipinski definition) is 2. The van der Waals surface area contributed by atoms with E-state index in [-0.39, 0.29) is 6.04 Å². The molecule has 0 aliphatic carbocycles. The zero-order valence-corrected chi connectivity index (χ0v) is 8.21. The second kappa shape index (κ2) is 3.61. The Morgan fingerprint density at radius 1 is 1.60 bits per heavy atom. The molecule has 0 radical (unpaired) electrons. The molecule has 1 unspecified atom stereocenters. The summed E-state index contributed by atoms with van der Waals surface area (Å²) in [6, 6.07) is 5.34. The number of hydrogen-bond acceptors (Lipinski definition) is 2. The number of pyridine rings is 1. The molecule has 2 N–H and O–H groups in total. The number of fused-ring (bicyclic) bond motifs is 1. The molecule has 2 rings (SSSR count). The minimum Gasteiger partial charge on any atom is -0.465 e. The molecule has 2 aromatic heterocycles. The lowest BCUT2D eigenvalue weighted by molar-refractivity contribution is 0.191. The van der Waals surface area contributed by atoms with Crippen molar-refractivity contribution >= 4 is 11.6 Å². The van der Waals surface area contributed by atoms with Crippen molar-refractivity contribution in [3.05, 3.63) is 36.2 Å². The van der Waals surface area contributed by atoms with Crippen LogP contribution >= 0.6 is 0 Å². The molecule has 1 atom stereocenters. The molecule has 0 bridgehead atoms. The summed E-state index contributed by atoms with van der Waals surface area (Å²) in [5.74, 6) is 0. The van der Waals surface area contributed by atoms with Gasteiger partial charge < -0.3 is 10.4 Å². The van der Waals surface area contributed by atoms with Crippen molar-refractivity contribution in [1.82, 2.24) is 14.9 Å². The number of aromatic nitrogens is 2. The van der Waals surface area contributed by atoms with E-state index in [2.05, 4.69) is 10.4 Å². The summed E-state index contributed by atoms with van der Waals surface area (Å²) in [7, 11) is 0. The van der Waals surface area contributed by atoms with Crippen LogP contribution in [0, 0.1) is 0 Å². The number of carboxylic acid groups (broad SMARTS) is 1. The minimum atomic E-state index is -1.02. The Morgan fingerprint density at radius 2 is 2.40 bits per heavy atom. The van der Waals surface area contributed by atoms with Gasteiger partial charge in [0.2, 0.25) is 0 Å². The van der Waals surface area contributed by atoms with Crippen LogP contribution in [0.2, 0.25) is 0 Å². The van der Waals surface area contributed by atoms with Gasteiger partial charge in [0.1, 0.15) is 0 Å². The first-order valence-corrected chi connectivity index (χ1v) is 4.60. The maximum absolute atomic E-state index is 10.5. The standard InChI is InChI=1S/C10H11N3O2/c1-7(12-10(14)15)8-3-2-6-13-9(8)4-5-11-13/h2-7,12H,1H3,(H,14,15). The van der Waals surface area contributed by atoms with Gasteiger partial charge in [-0.15, -0.1) is 0 Å². The second-order valence-electron chi connectivity index (χ2n) is 3.30. The van der Waals surface area contributed by atoms with Crippen LogP contribution in [-0.2, 0) is 0 Å². The van der Waals surface area contributed by atoms with Crippen LogP contribution in [0.1, 0.15) is 18.5 Å². The quantitative estimate of drug-likeness (QED) is 0.783. The van der Waals surface area contributed by atoms with Gasteiger partial charge in [0.15, 0.2) is 0 Å². The first-order chi connectivity index (χ1) is 7.18. The summed E-state index contributed by atoms with van der Waals surface area (Å²) in [5, 5.41) is 15.1. The molecule has 0 aromatic carbocycles. The fraction of sp³-hybridized carbons (Fsp3) is 0.200. The third-order valence-electron chi connectivity index (χ3n) is 2.28. The average molecular weight is 205 g/mol. The lowest BCUT2D eigenvalue weighted by Gasteiger charge is -2.12. The number of rotatable bonds is 2. The summed E-state index contributed by atoms with van der Waals surface area (Å²) in [6.45, 7) is 1.80. The van der Waals surface area contributed by atoms with Gasteiger partial charge in [-0.2, -0.15) is 5.10 Å². The van der Waals surface area contributed by atoms with Crippen LogP contribution in [0.25, 0.3) is 5.52 Å². The van der Waals surface area contributed by atoms with Crippen LogP contribution in [0.15, 0.2) is 30.6 Å². The van der Waals surface area contributed by atoms with Crippen molar-refractivity contribution in [2.24, 2.45) is 0 Å². The van der Waals surface area contributed by atoms with E-state index in [0.29, 0.717) is 0 Å². The van der Waals surface area contributed by atoms with E-state index in [9.17, 15) is 4.79 Å². The number of nitrogens with one attached hydrogen (secondary N) is 1. The molecule has 0 aliphatic heterocycles. The molecule has 2 heterocycles. The zero-order valence-electron chi connectivity index (χ0n) is 8.21. The zero-order chi connectivity index (χ0) is 10.8. The highest BCUT2D eigenvalue weighted by molar-refractivity contribution is 5.66. The highest BCUT2D eigenvalue weighted by Gasteiger charge is 2.11. The van der Waals surface area contributed by atoms with Crippen molar-refractivity contribution in [2.75, 3.05) is 0 Å². The van der Waals surface area contributed by atoms with Crippen molar-refractivity contribution in [3.8, 4) is 0 Å². The Bertz CT molecular complexity index is 492. The molecule has 5 nitrogen and oxygen atoms in total. The summed E-state index contributed by atoms with van der Waals surface area (Å²) >= 11 is 0. The normalized spacial score (nSPS) is 12.6. The van der Waals surface area contributed by atoms with Gasteiger partial charge in [0.05, 0.1) is 11.6 Å². The third-order valence-corrected chi connectivity index (χ3v) is 2.28. The third kappa shape index (κ3) is 1.76. The molecular weight excluding hydrogens is 194 g/mol. The Balaban J connectivity index is 2.42. The summed E-state index contributed by atoms with van der Waals surface area (Å²) < 4.78 is 1.72. The van der Waals surface area contributed by atoms with Crippen molar-refractivity contribution in [3.63, 3.8) is 0 Å². The van der Waals surface area contributed by atoms with E-state index in [0.717, 1.165) is 11.1 Å². The Kier molecular flexibility index (Phi) is 2.29. The van der Waals surface area contributed by atoms with E-state index in [1.807, 2.05) is 24.4 Å². The Hall–Kier alpha value is -2.04. The van der Waals surface area contributed by atoms with Crippen LogP contribution in [0.3, 0.4) is 0 Å². The van der Waals surface area contributed by atoms with Crippen molar-refractivity contribution < 1.29 is 9.90 Å². The molecule has 5 heteroatoms. The van der Waals surface area contributed by atoms with E-state index < -0.39 is 6.09 Å². The molecule has 0 saturated carbocycles.